The molecule has 1 unspecified atom stereocenters. The molecule has 0 radical (unpaired) electrons. The summed E-state index contributed by atoms with van der Waals surface area (Å²) in [7, 11) is 0. The maximum absolute atomic E-state index is 2.72. The van der Waals surface area contributed by atoms with Crippen LogP contribution in [0.4, 0.5) is 11.4 Å². The highest BCUT2D eigenvalue weighted by atomic mass is 15.2. The molecule has 0 spiro atoms. The van der Waals surface area contributed by atoms with Crippen molar-refractivity contribution in [2.75, 3.05) is 4.90 Å². The lowest BCUT2D eigenvalue weighted by molar-refractivity contribution is 0.569. The molecule has 0 amide bonds. The Morgan fingerprint density at radius 1 is 0.500 bits per heavy atom. The van der Waals surface area contributed by atoms with Crippen LogP contribution in [0.3, 0.4) is 0 Å². The molecule has 400 valence electrons. The quantitative estimate of drug-likeness (QED) is 0.140. The highest BCUT2D eigenvalue weighted by molar-refractivity contribution is 6.10. The maximum Gasteiger partial charge on any atom is 0.0711 e. The number of benzene rings is 10. The van der Waals surface area contributed by atoms with Gasteiger partial charge in [0.2, 0.25) is 0 Å². The zero-order valence-corrected chi connectivity index (χ0v) is 48.3. The minimum absolute atomic E-state index is 0.0350. The van der Waals surface area contributed by atoms with E-state index in [1.54, 1.807) is 0 Å². The van der Waals surface area contributed by atoms with Gasteiger partial charge in [0.1, 0.15) is 0 Å². The van der Waals surface area contributed by atoms with E-state index in [-0.39, 0.29) is 16.7 Å². The second kappa shape index (κ2) is 19.9. The van der Waals surface area contributed by atoms with Crippen LogP contribution in [0.15, 0.2) is 260 Å². The standard InChI is InChI=1S/C80H70N2/c1-53-45-47-70-76(67-38-17-21-41-69(67)80(70,57-29-11-8-12-30-57)58-31-13-9-14-32-58)77(53)82(71-42-22-18-35-62(71)55-46-48-74-68(51-55)65-37-20-23-43-72(65)81(74)61-33-15-10-16-34-61)73-44-24-19-36-64(73)66-40-26-28-54-27-25-39-63(75(54)66)56-49-59(78(2,3)4)52-60(50-56)79(5,6)7/h8-22,24-42,44,46-53H,23,43,45H2,1-7H3. The Labute approximate surface area is 485 Å². The van der Waals surface area contributed by atoms with Gasteiger partial charge in [-0.15, -0.1) is 0 Å². The molecular formula is C80H70N2. The van der Waals surface area contributed by atoms with Crippen LogP contribution in [0.25, 0.3) is 72.4 Å². The van der Waals surface area contributed by atoms with Crippen molar-refractivity contribution in [2.45, 2.75) is 84.0 Å². The molecule has 3 aliphatic carbocycles. The van der Waals surface area contributed by atoms with Gasteiger partial charge in [-0.2, -0.15) is 0 Å². The molecule has 14 rings (SSSR count). The van der Waals surface area contributed by atoms with E-state index in [0.717, 1.165) is 30.6 Å². The Bertz CT molecular complexity index is 4300. The Morgan fingerprint density at radius 2 is 1.06 bits per heavy atom. The van der Waals surface area contributed by atoms with Crippen LogP contribution < -0.4 is 4.90 Å². The van der Waals surface area contributed by atoms with E-state index < -0.39 is 5.41 Å². The molecule has 10 aromatic carbocycles. The number of hydrogen-bond donors (Lipinski definition) is 0. The van der Waals surface area contributed by atoms with E-state index in [0.29, 0.717) is 0 Å². The van der Waals surface area contributed by atoms with Crippen LogP contribution in [-0.2, 0) is 22.7 Å². The van der Waals surface area contributed by atoms with E-state index in [1.165, 1.54) is 122 Å². The molecule has 0 bridgehead atoms. The van der Waals surface area contributed by atoms with Crippen molar-refractivity contribution in [1.29, 1.82) is 0 Å². The van der Waals surface area contributed by atoms with Gasteiger partial charge in [-0.1, -0.05) is 267 Å². The molecule has 2 nitrogen and oxygen atoms in total. The fourth-order valence-electron chi connectivity index (χ4n) is 14.1. The van der Waals surface area contributed by atoms with Gasteiger partial charge in [-0.3, -0.25) is 0 Å². The zero-order valence-electron chi connectivity index (χ0n) is 48.3. The monoisotopic (exact) mass is 1060 g/mol. The third kappa shape index (κ3) is 8.28. The van der Waals surface area contributed by atoms with Crippen molar-refractivity contribution in [1.82, 2.24) is 4.57 Å². The molecule has 3 aliphatic rings. The molecule has 1 heterocycles. The average molecular weight is 1060 g/mol. The smallest absolute Gasteiger partial charge is 0.0711 e. The third-order valence-electron chi connectivity index (χ3n) is 18.1. The summed E-state index contributed by atoms with van der Waals surface area (Å²) >= 11 is 0. The highest BCUT2D eigenvalue weighted by Crippen LogP contribution is 2.62. The highest BCUT2D eigenvalue weighted by Gasteiger charge is 2.51. The van der Waals surface area contributed by atoms with Gasteiger partial charge in [0.05, 0.1) is 22.3 Å². The van der Waals surface area contributed by atoms with E-state index in [4.69, 9.17) is 0 Å². The van der Waals surface area contributed by atoms with Gasteiger partial charge in [0.25, 0.3) is 0 Å². The van der Waals surface area contributed by atoms with Gasteiger partial charge in [-0.25, -0.2) is 0 Å². The lowest BCUT2D eigenvalue weighted by Crippen LogP contribution is -2.31. The number of rotatable bonds is 9. The normalized spacial score (nSPS) is 15.5. The van der Waals surface area contributed by atoms with Crippen LogP contribution in [0.5, 0.6) is 0 Å². The molecular weight excluding hydrogens is 989 g/mol. The van der Waals surface area contributed by atoms with Crippen LogP contribution >= 0.6 is 0 Å². The first-order valence-corrected chi connectivity index (χ1v) is 29.6. The molecule has 0 aliphatic heterocycles. The van der Waals surface area contributed by atoms with Gasteiger partial charge in [0.15, 0.2) is 0 Å². The Balaban J connectivity index is 1.07. The molecule has 0 fully saturated rings. The van der Waals surface area contributed by atoms with E-state index in [1.807, 2.05) is 0 Å². The first-order chi connectivity index (χ1) is 39.9. The van der Waals surface area contributed by atoms with Crippen molar-refractivity contribution in [3.63, 3.8) is 0 Å². The summed E-state index contributed by atoms with van der Waals surface area (Å²) in [5, 5.41) is 3.76. The van der Waals surface area contributed by atoms with Crippen LogP contribution in [0, 0.1) is 5.92 Å². The minimum atomic E-state index is -0.549. The molecule has 1 aromatic heterocycles. The van der Waals surface area contributed by atoms with E-state index >= 15 is 0 Å². The summed E-state index contributed by atoms with van der Waals surface area (Å²) in [6.45, 7) is 16.5. The van der Waals surface area contributed by atoms with Gasteiger partial charge in [0, 0.05) is 50.6 Å². The first kappa shape index (κ1) is 51.2. The summed E-state index contributed by atoms with van der Waals surface area (Å²) in [5.74, 6) is 0.133. The van der Waals surface area contributed by atoms with E-state index in [2.05, 4.69) is 313 Å². The number of aromatic nitrogens is 1. The number of nitrogens with zero attached hydrogens (tertiary/aromatic N) is 2. The largest absolute Gasteiger partial charge is 0.313 e. The number of para-hydroxylation sites is 3. The summed E-state index contributed by atoms with van der Waals surface area (Å²) in [6, 6.07) is 89.8. The molecule has 82 heavy (non-hydrogen) atoms. The molecule has 0 saturated heterocycles. The Hall–Kier alpha value is -8.98. The van der Waals surface area contributed by atoms with Gasteiger partial charge >= 0.3 is 0 Å². The fraction of sp³-hybridized carbons (Fsp3) is 0.175. The predicted octanol–water partition coefficient (Wildman–Crippen LogP) is 21.2. The summed E-state index contributed by atoms with van der Waals surface area (Å²) in [6.07, 6.45) is 10.2. The van der Waals surface area contributed by atoms with Crippen molar-refractivity contribution in [2.24, 2.45) is 5.92 Å². The summed E-state index contributed by atoms with van der Waals surface area (Å²) in [5.41, 5.74) is 25.9. The molecule has 1 atom stereocenters. The molecule has 2 heteroatoms. The minimum Gasteiger partial charge on any atom is -0.313 e. The SMILES string of the molecule is CC1CC=C2C(=C1N(c1ccccc1-c1ccc3c(c1)c1c(n3-c3ccccc3)CCC=C1)c1ccccc1-c1cccc3cccc(-c4cc(C(C)(C)C)cc(C(C)(C)C)c4)c13)c1ccccc1C2(c1ccccc1)c1ccccc1. The Morgan fingerprint density at radius 3 is 1.72 bits per heavy atom. The van der Waals surface area contributed by atoms with Gasteiger partial charge in [-0.05, 0) is 138 Å². The topological polar surface area (TPSA) is 8.17 Å². The van der Waals surface area contributed by atoms with Crippen molar-refractivity contribution < 1.29 is 0 Å². The molecule has 0 N–H and O–H groups in total. The molecule has 11 aromatic rings. The average Bonchev–Trinajstić information content (AvgIpc) is 4.22. The molecule has 0 saturated carbocycles. The van der Waals surface area contributed by atoms with Crippen LogP contribution in [0.2, 0.25) is 0 Å². The lowest BCUT2D eigenvalue weighted by atomic mass is 9.66. The third-order valence-corrected chi connectivity index (χ3v) is 18.1. The second-order valence-corrected chi connectivity index (χ2v) is 25.1. The fourth-order valence-corrected chi connectivity index (χ4v) is 14.1. The van der Waals surface area contributed by atoms with Crippen molar-refractivity contribution in [3.05, 3.63) is 305 Å². The summed E-state index contributed by atoms with van der Waals surface area (Å²) in [4.78, 5) is 2.72. The zero-order chi connectivity index (χ0) is 55.9. The lowest BCUT2D eigenvalue weighted by Gasteiger charge is -2.40. The van der Waals surface area contributed by atoms with Crippen molar-refractivity contribution >= 4 is 44.7 Å². The van der Waals surface area contributed by atoms with Crippen LogP contribution in [0.1, 0.15) is 106 Å². The Kier molecular flexibility index (Phi) is 12.4. The second-order valence-electron chi connectivity index (χ2n) is 25.1. The van der Waals surface area contributed by atoms with Crippen LogP contribution in [-0.4, -0.2) is 4.57 Å². The first-order valence-electron chi connectivity index (χ1n) is 29.6. The van der Waals surface area contributed by atoms with Crippen molar-refractivity contribution in [3.8, 4) is 39.1 Å². The van der Waals surface area contributed by atoms with E-state index in [9.17, 15) is 0 Å². The number of fused-ring (bicyclic) bond motifs is 7. The number of anilines is 2. The maximum atomic E-state index is 2.72. The predicted molar refractivity (Wildman–Crippen MR) is 348 cm³/mol. The van der Waals surface area contributed by atoms with Gasteiger partial charge < -0.3 is 9.47 Å². The number of hydrogen-bond acceptors (Lipinski definition) is 1. The number of allylic oxidation sites excluding steroid dienone is 5. The summed E-state index contributed by atoms with van der Waals surface area (Å²) < 4.78 is 2.50.